The molecular weight excluding hydrogens is 264 g/mol. The SMILES string of the molecule is CC(C)n1cc(OC(=O)N(C)SC(C)(C)C#N)cn1. The average molecular weight is 282 g/mol. The van der Waals surface area contributed by atoms with Gasteiger partial charge >= 0.3 is 6.09 Å². The number of nitrogens with zero attached hydrogens (tertiary/aromatic N) is 4. The molecule has 0 unspecified atom stereocenters. The minimum absolute atomic E-state index is 0.206. The predicted octanol–water partition coefficient (Wildman–Crippen LogP) is 2.84. The number of amides is 1. The Balaban J connectivity index is 2.61. The summed E-state index contributed by atoms with van der Waals surface area (Å²) in [5.41, 5.74) is 0. The van der Waals surface area contributed by atoms with Crippen molar-refractivity contribution >= 4 is 18.0 Å². The van der Waals surface area contributed by atoms with Gasteiger partial charge in [-0.2, -0.15) is 10.4 Å². The molecule has 1 amide bonds. The number of rotatable bonds is 4. The molecule has 0 aliphatic heterocycles. The molecule has 6 nitrogen and oxygen atoms in total. The van der Waals surface area contributed by atoms with Gasteiger partial charge < -0.3 is 4.74 Å². The summed E-state index contributed by atoms with van der Waals surface area (Å²) in [5.74, 6) is 0.390. The Morgan fingerprint density at radius 3 is 2.74 bits per heavy atom. The average Bonchev–Trinajstić information content (AvgIpc) is 2.77. The smallest absolute Gasteiger partial charge is 0.406 e. The van der Waals surface area contributed by atoms with Crippen LogP contribution in [-0.4, -0.2) is 32.0 Å². The number of carbonyl (C=O) groups is 1. The predicted molar refractivity (Wildman–Crippen MR) is 73.7 cm³/mol. The molecule has 1 aromatic heterocycles. The Kier molecular flexibility index (Phi) is 4.84. The Labute approximate surface area is 117 Å². The highest BCUT2D eigenvalue weighted by Crippen LogP contribution is 2.27. The fourth-order valence-electron chi connectivity index (χ4n) is 1.22. The van der Waals surface area contributed by atoms with Crippen LogP contribution in [0.15, 0.2) is 12.4 Å². The quantitative estimate of drug-likeness (QED) is 0.794. The third-order valence-corrected chi connectivity index (χ3v) is 3.17. The topological polar surface area (TPSA) is 71.2 Å². The normalized spacial score (nSPS) is 11.2. The molecule has 7 heteroatoms. The van der Waals surface area contributed by atoms with Crippen LogP contribution in [-0.2, 0) is 0 Å². The van der Waals surface area contributed by atoms with E-state index < -0.39 is 10.8 Å². The van der Waals surface area contributed by atoms with Crippen molar-refractivity contribution in [2.75, 3.05) is 7.05 Å². The van der Waals surface area contributed by atoms with Gasteiger partial charge in [-0.3, -0.25) is 8.99 Å². The van der Waals surface area contributed by atoms with Crippen molar-refractivity contribution in [3.8, 4) is 11.8 Å². The first kappa shape index (κ1) is 15.4. The fourth-order valence-corrected chi connectivity index (χ4v) is 2.06. The summed E-state index contributed by atoms with van der Waals surface area (Å²) in [7, 11) is 1.57. The lowest BCUT2D eigenvalue weighted by molar-refractivity contribution is 0.187. The van der Waals surface area contributed by atoms with Gasteiger partial charge in [-0.25, -0.2) is 4.79 Å². The van der Waals surface area contributed by atoms with Crippen LogP contribution in [0.5, 0.6) is 5.75 Å². The molecule has 0 N–H and O–H groups in total. The first-order valence-electron chi connectivity index (χ1n) is 5.85. The van der Waals surface area contributed by atoms with E-state index in [1.165, 1.54) is 10.5 Å². The highest BCUT2D eigenvalue weighted by atomic mass is 32.2. The van der Waals surface area contributed by atoms with Crippen molar-refractivity contribution in [1.82, 2.24) is 14.1 Å². The molecule has 0 radical (unpaired) electrons. The Morgan fingerprint density at radius 1 is 1.63 bits per heavy atom. The van der Waals surface area contributed by atoms with E-state index in [0.29, 0.717) is 5.75 Å². The largest absolute Gasteiger partial charge is 0.425 e. The molecule has 0 aromatic carbocycles. The number of hydrogen-bond acceptors (Lipinski definition) is 5. The number of carbonyl (C=O) groups excluding carboxylic acids is 1. The van der Waals surface area contributed by atoms with E-state index in [-0.39, 0.29) is 6.04 Å². The summed E-state index contributed by atoms with van der Waals surface area (Å²) in [6, 6.07) is 2.31. The molecule has 1 rings (SSSR count). The number of ether oxygens (including phenoxy) is 1. The first-order chi connectivity index (χ1) is 8.75. The second-order valence-electron chi connectivity index (χ2n) is 4.83. The van der Waals surface area contributed by atoms with Crippen LogP contribution in [0.2, 0.25) is 0 Å². The maximum absolute atomic E-state index is 11.8. The second kappa shape index (κ2) is 5.97. The Hall–Kier alpha value is -1.68. The molecule has 0 saturated heterocycles. The molecule has 0 aliphatic rings. The van der Waals surface area contributed by atoms with Gasteiger partial charge in [0.2, 0.25) is 0 Å². The molecule has 1 aromatic rings. The highest BCUT2D eigenvalue weighted by Gasteiger charge is 2.24. The van der Waals surface area contributed by atoms with Crippen LogP contribution >= 0.6 is 11.9 Å². The van der Waals surface area contributed by atoms with E-state index in [4.69, 9.17) is 10.00 Å². The molecule has 0 atom stereocenters. The number of hydrogen-bond donors (Lipinski definition) is 0. The van der Waals surface area contributed by atoms with Crippen LogP contribution in [0.1, 0.15) is 33.7 Å². The van der Waals surface area contributed by atoms with Crippen molar-refractivity contribution < 1.29 is 9.53 Å². The third-order valence-electron chi connectivity index (χ3n) is 2.20. The van der Waals surface area contributed by atoms with Gasteiger partial charge in [0, 0.05) is 13.1 Å². The molecule has 104 valence electrons. The lowest BCUT2D eigenvalue weighted by Gasteiger charge is -2.21. The summed E-state index contributed by atoms with van der Waals surface area (Å²) in [5, 5.41) is 13.0. The van der Waals surface area contributed by atoms with E-state index in [2.05, 4.69) is 11.2 Å². The monoisotopic (exact) mass is 282 g/mol. The fraction of sp³-hybridized carbons (Fsp3) is 0.583. The van der Waals surface area contributed by atoms with E-state index in [1.54, 1.807) is 31.8 Å². The van der Waals surface area contributed by atoms with Gasteiger partial charge in [0.1, 0.15) is 4.75 Å². The number of nitriles is 1. The van der Waals surface area contributed by atoms with Crippen LogP contribution < -0.4 is 4.74 Å². The molecule has 1 heterocycles. The summed E-state index contributed by atoms with van der Waals surface area (Å²) in [4.78, 5) is 11.8. The zero-order valence-corrected chi connectivity index (χ0v) is 12.6. The molecule has 0 spiro atoms. The minimum Gasteiger partial charge on any atom is -0.406 e. The van der Waals surface area contributed by atoms with Crippen LogP contribution in [0.25, 0.3) is 0 Å². The van der Waals surface area contributed by atoms with Crippen molar-refractivity contribution in [3.63, 3.8) is 0 Å². The summed E-state index contributed by atoms with van der Waals surface area (Å²) < 4.78 is 7.49. The Bertz CT molecular complexity index is 490. The van der Waals surface area contributed by atoms with Gasteiger partial charge in [0.05, 0.1) is 18.5 Å². The van der Waals surface area contributed by atoms with Crippen molar-refractivity contribution in [2.45, 2.75) is 38.5 Å². The molecule has 0 fully saturated rings. The van der Waals surface area contributed by atoms with Crippen molar-refractivity contribution in [1.29, 1.82) is 5.26 Å². The Morgan fingerprint density at radius 2 is 2.26 bits per heavy atom. The van der Waals surface area contributed by atoms with Crippen molar-refractivity contribution in [3.05, 3.63) is 12.4 Å². The van der Waals surface area contributed by atoms with E-state index >= 15 is 0 Å². The van der Waals surface area contributed by atoms with Gasteiger partial charge in [-0.1, -0.05) is 0 Å². The number of aromatic nitrogens is 2. The van der Waals surface area contributed by atoms with Crippen LogP contribution in [0.4, 0.5) is 4.79 Å². The van der Waals surface area contributed by atoms with Crippen molar-refractivity contribution in [2.24, 2.45) is 0 Å². The van der Waals surface area contributed by atoms with Crippen LogP contribution in [0.3, 0.4) is 0 Å². The molecule has 0 saturated carbocycles. The second-order valence-corrected chi connectivity index (χ2v) is 6.58. The maximum atomic E-state index is 11.8. The molecule has 0 bridgehead atoms. The van der Waals surface area contributed by atoms with Gasteiger partial charge in [0.15, 0.2) is 5.75 Å². The van der Waals surface area contributed by atoms with Gasteiger partial charge in [-0.15, -0.1) is 0 Å². The van der Waals surface area contributed by atoms with Crippen LogP contribution in [0, 0.1) is 11.3 Å². The minimum atomic E-state index is -0.685. The lowest BCUT2D eigenvalue weighted by atomic mass is 10.2. The van der Waals surface area contributed by atoms with E-state index in [0.717, 1.165) is 11.9 Å². The maximum Gasteiger partial charge on any atom is 0.425 e. The van der Waals surface area contributed by atoms with E-state index in [9.17, 15) is 4.79 Å². The summed E-state index contributed by atoms with van der Waals surface area (Å²) >= 11 is 1.11. The van der Waals surface area contributed by atoms with Gasteiger partial charge in [0.25, 0.3) is 0 Å². The third kappa shape index (κ3) is 4.48. The van der Waals surface area contributed by atoms with E-state index in [1.807, 2.05) is 13.8 Å². The molecular formula is C12H18N4O2S. The first-order valence-corrected chi connectivity index (χ1v) is 6.62. The molecule has 0 aliphatic carbocycles. The molecule has 19 heavy (non-hydrogen) atoms. The standard InChI is InChI=1S/C12H18N4O2S/c1-9(2)16-7-10(6-14-16)18-11(17)15(5)19-12(3,4)8-13/h6-7,9H,1-5H3. The zero-order valence-electron chi connectivity index (χ0n) is 11.7. The zero-order chi connectivity index (χ0) is 14.6. The lowest BCUT2D eigenvalue weighted by Crippen LogP contribution is -2.29. The van der Waals surface area contributed by atoms with Gasteiger partial charge in [-0.05, 0) is 39.6 Å². The summed E-state index contributed by atoms with van der Waals surface area (Å²) in [6.07, 6.45) is 2.62. The highest BCUT2D eigenvalue weighted by molar-refractivity contribution is 7.99. The summed E-state index contributed by atoms with van der Waals surface area (Å²) in [6.45, 7) is 7.43.